The predicted octanol–water partition coefficient (Wildman–Crippen LogP) is 4.60. The largest absolute Gasteiger partial charge is 0.383 e. The zero-order valence-electron chi connectivity index (χ0n) is 13.9. The summed E-state index contributed by atoms with van der Waals surface area (Å²) in [5.41, 5.74) is 2.04. The maximum Gasteiger partial charge on any atom is 0.250 e. The van der Waals surface area contributed by atoms with E-state index in [1.54, 1.807) is 12.2 Å². The predicted molar refractivity (Wildman–Crippen MR) is 91.9 cm³/mol. The first-order valence-corrected chi connectivity index (χ1v) is 7.85. The number of carbonyl (C=O) groups is 1. The Kier molecular flexibility index (Phi) is 7.00. The molecule has 0 saturated carbocycles. The number of hydrogen-bond acceptors (Lipinski definition) is 2. The second-order valence-electron chi connectivity index (χ2n) is 5.47. The molecular weight excluding hydrogens is 260 g/mol. The van der Waals surface area contributed by atoms with Crippen molar-refractivity contribution in [3.63, 3.8) is 0 Å². The molecule has 0 aliphatic rings. The van der Waals surface area contributed by atoms with E-state index < -0.39 is 0 Å². The summed E-state index contributed by atoms with van der Waals surface area (Å²) in [7, 11) is 0. The fraction of sp³-hybridized carbons (Fsp3) is 0.500. The fourth-order valence-corrected chi connectivity index (χ4v) is 2.11. The van der Waals surface area contributed by atoms with Crippen LogP contribution in [-0.4, -0.2) is 18.0 Å². The first kappa shape index (κ1) is 17.3. The molecule has 0 aliphatic heterocycles. The molecule has 0 radical (unpaired) electrons. The van der Waals surface area contributed by atoms with E-state index in [9.17, 15) is 4.79 Å². The van der Waals surface area contributed by atoms with Crippen molar-refractivity contribution >= 4 is 17.3 Å². The molecular formula is C18H28N2O. The van der Waals surface area contributed by atoms with Crippen molar-refractivity contribution in [3.8, 4) is 0 Å². The summed E-state index contributed by atoms with van der Waals surface area (Å²) in [6.07, 6.45) is 5.42. The van der Waals surface area contributed by atoms with Gasteiger partial charge in [-0.05, 0) is 64.0 Å². The zero-order valence-corrected chi connectivity index (χ0v) is 13.9. The van der Waals surface area contributed by atoms with Crippen LogP contribution in [0.5, 0.6) is 0 Å². The number of nitrogens with one attached hydrogen (secondary N) is 1. The van der Waals surface area contributed by atoms with Gasteiger partial charge >= 0.3 is 0 Å². The van der Waals surface area contributed by atoms with Gasteiger partial charge in [-0.25, -0.2) is 0 Å². The SMILES string of the molecule is C/C=C/C(=O)N(c1ccc(NC(C)CC)cc1)C(C)CC. The zero-order chi connectivity index (χ0) is 15.8. The van der Waals surface area contributed by atoms with Crippen LogP contribution in [0, 0.1) is 0 Å². The molecule has 0 bridgehead atoms. The minimum atomic E-state index is 0.0366. The van der Waals surface area contributed by atoms with Gasteiger partial charge in [-0.3, -0.25) is 4.79 Å². The Hall–Kier alpha value is -1.77. The first-order chi connectivity index (χ1) is 10.0. The first-order valence-electron chi connectivity index (χ1n) is 7.85. The lowest BCUT2D eigenvalue weighted by Crippen LogP contribution is -2.37. The van der Waals surface area contributed by atoms with Crippen molar-refractivity contribution < 1.29 is 4.79 Å². The Balaban J connectivity index is 2.96. The second kappa shape index (κ2) is 8.50. The van der Waals surface area contributed by atoms with E-state index in [1.165, 1.54) is 0 Å². The highest BCUT2D eigenvalue weighted by Crippen LogP contribution is 2.22. The van der Waals surface area contributed by atoms with Crippen molar-refractivity contribution in [3.05, 3.63) is 36.4 Å². The maximum absolute atomic E-state index is 12.3. The molecule has 0 fully saturated rings. The van der Waals surface area contributed by atoms with Gasteiger partial charge in [0.05, 0.1) is 0 Å². The molecule has 1 rings (SSSR count). The summed E-state index contributed by atoms with van der Waals surface area (Å²) in [4.78, 5) is 14.1. The van der Waals surface area contributed by atoms with Gasteiger partial charge in [0.15, 0.2) is 0 Å². The minimum Gasteiger partial charge on any atom is -0.383 e. The van der Waals surface area contributed by atoms with Crippen molar-refractivity contribution in [1.29, 1.82) is 0 Å². The summed E-state index contributed by atoms with van der Waals surface area (Å²) in [6, 6.07) is 8.74. The highest BCUT2D eigenvalue weighted by Gasteiger charge is 2.18. The molecule has 0 aromatic heterocycles. The van der Waals surface area contributed by atoms with Crippen LogP contribution in [-0.2, 0) is 4.79 Å². The molecule has 3 heteroatoms. The van der Waals surface area contributed by atoms with E-state index in [0.29, 0.717) is 6.04 Å². The summed E-state index contributed by atoms with van der Waals surface area (Å²) in [6.45, 7) is 10.4. The number of carbonyl (C=O) groups excluding carboxylic acids is 1. The molecule has 21 heavy (non-hydrogen) atoms. The van der Waals surface area contributed by atoms with Gasteiger partial charge in [0.2, 0.25) is 0 Å². The maximum atomic E-state index is 12.3. The molecule has 0 aliphatic carbocycles. The average molecular weight is 288 g/mol. The highest BCUT2D eigenvalue weighted by molar-refractivity contribution is 6.01. The molecule has 2 unspecified atom stereocenters. The summed E-state index contributed by atoms with van der Waals surface area (Å²) < 4.78 is 0. The molecule has 3 nitrogen and oxygen atoms in total. The Morgan fingerprint density at radius 1 is 1.19 bits per heavy atom. The minimum absolute atomic E-state index is 0.0366. The van der Waals surface area contributed by atoms with Crippen LogP contribution >= 0.6 is 0 Å². The number of benzene rings is 1. The average Bonchev–Trinajstić information content (AvgIpc) is 2.49. The van der Waals surface area contributed by atoms with Crippen molar-refractivity contribution in [2.45, 2.75) is 59.5 Å². The molecule has 116 valence electrons. The van der Waals surface area contributed by atoms with Gasteiger partial charge in [0.25, 0.3) is 5.91 Å². The van der Waals surface area contributed by atoms with E-state index in [0.717, 1.165) is 24.2 Å². The Labute approximate surface area is 129 Å². The van der Waals surface area contributed by atoms with E-state index in [4.69, 9.17) is 0 Å². The molecule has 2 atom stereocenters. The van der Waals surface area contributed by atoms with Gasteiger partial charge in [0, 0.05) is 23.5 Å². The van der Waals surface area contributed by atoms with Crippen molar-refractivity contribution in [2.24, 2.45) is 0 Å². The third kappa shape index (κ3) is 4.92. The van der Waals surface area contributed by atoms with E-state index >= 15 is 0 Å². The van der Waals surface area contributed by atoms with Gasteiger partial charge in [-0.2, -0.15) is 0 Å². The third-order valence-corrected chi connectivity index (χ3v) is 3.75. The van der Waals surface area contributed by atoms with Gasteiger partial charge in [0.1, 0.15) is 0 Å². The summed E-state index contributed by atoms with van der Waals surface area (Å²) >= 11 is 0. The Morgan fingerprint density at radius 2 is 1.81 bits per heavy atom. The quantitative estimate of drug-likeness (QED) is 0.743. The molecule has 0 spiro atoms. The normalized spacial score (nSPS) is 14.0. The molecule has 0 heterocycles. The summed E-state index contributed by atoms with van der Waals surface area (Å²) in [5, 5.41) is 3.44. The number of anilines is 2. The van der Waals surface area contributed by atoms with E-state index in [2.05, 4.69) is 33.0 Å². The number of hydrogen-bond donors (Lipinski definition) is 1. The topological polar surface area (TPSA) is 32.3 Å². The van der Waals surface area contributed by atoms with Crippen LogP contribution in [0.25, 0.3) is 0 Å². The van der Waals surface area contributed by atoms with Crippen LogP contribution in [0.1, 0.15) is 47.5 Å². The fourth-order valence-electron chi connectivity index (χ4n) is 2.11. The lowest BCUT2D eigenvalue weighted by Gasteiger charge is -2.28. The van der Waals surface area contributed by atoms with E-state index in [-0.39, 0.29) is 11.9 Å². The number of amides is 1. The van der Waals surface area contributed by atoms with Crippen molar-refractivity contribution in [2.75, 3.05) is 10.2 Å². The van der Waals surface area contributed by atoms with Crippen LogP contribution in [0.15, 0.2) is 36.4 Å². The standard InChI is InChI=1S/C18H28N2O/c1-6-9-18(21)20(15(5)8-3)17-12-10-16(11-13-17)19-14(4)7-2/h6,9-15,19H,7-8H2,1-5H3/b9-6+. The number of rotatable bonds is 7. The lowest BCUT2D eigenvalue weighted by molar-refractivity contribution is -0.114. The Bertz CT molecular complexity index is 465. The lowest BCUT2D eigenvalue weighted by atomic mass is 10.1. The van der Waals surface area contributed by atoms with Crippen LogP contribution in [0.2, 0.25) is 0 Å². The molecule has 1 aromatic carbocycles. The van der Waals surface area contributed by atoms with Crippen LogP contribution in [0.3, 0.4) is 0 Å². The van der Waals surface area contributed by atoms with Crippen LogP contribution < -0.4 is 10.2 Å². The second-order valence-corrected chi connectivity index (χ2v) is 5.47. The van der Waals surface area contributed by atoms with Gasteiger partial charge < -0.3 is 10.2 Å². The number of allylic oxidation sites excluding steroid dienone is 1. The van der Waals surface area contributed by atoms with Crippen molar-refractivity contribution in [1.82, 2.24) is 0 Å². The molecule has 1 amide bonds. The number of nitrogens with zero attached hydrogens (tertiary/aromatic N) is 1. The molecule has 1 aromatic rings. The van der Waals surface area contributed by atoms with E-state index in [1.807, 2.05) is 36.1 Å². The monoisotopic (exact) mass is 288 g/mol. The molecule has 1 N–H and O–H groups in total. The highest BCUT2D eigenvalue weighted by atomic mass is 16.2. The third-order valence-electron chi connectivity index (χ3n) is 3.75. The Morgan fingerprint density at radius 3 is 2.29 bits per heavy atom. The van der Waals surface area contributed by atoms with Crippen LogP contribution in [0.4, 0.5) is 11.4 Å². The molecule has 0 saturated heterocycles. The smallest absolute Gasteiger partial charge is 0.250 e. The van der Waals surface area contributed by atoms with Gasteiger partial charge in [-0.15, -0.1) is 0 Å². The summed E-state index contributed by atoms with van der Waals surface area (Å²) in [5.74, 6) is 0.0366. The van der Waals surface area contributed by atoms with Gasteiger partial charge in [-0.1, -0.05) is 19.9 Å².